The van der Waals surface area contributed by atoms with Gasteiger partial charge in [-0.15, -0.1) is 24.0 Å². The smallest absolute Gasteiger partial charge is 0.194 e. The standard InChI is InChI=1S/C23H36FN5O.HI/c1-3-25-22(29-9-7-23(17-29)8-14-30-18-23)26-16-19-5-6-21(20(24)15-19)28-12-10-27(4-2)11-13-28;/h5-6,15H,3-4,7-14,16-18H2,1-2H3,(H,25,26);1H. The molecule has 0 bridgehead atoms. The van der Waals surface area contributed by atoms with Gasteiger partial charge >= 0.3 is 0 Å². The van der Waals surface area contributed by atoms with Gasteiger partial charge in [-0.3, -0.25) is 0 Å². The highest BCUT2D eigenvalue weighted by atomic mass is 127. The van der Waals surface area contributed by atoms with Gasteiger partial charge in [0.15, 0.2) is 5.96 Å². The Morgan fingerprint density at radius 2 is 1.97 bits per heavy atom. The number of piperazine rings is 1. The second-order valence-electron chi connectivity index (χ2n) is 8.85. The van der Waals surface area contributed by atoms with Crippen LogP contribution in [0.1, 0.15) is 32.3 Å². The first-order chi connectivity index (χ1) is 14.6. The van der Waals surface area contributed by atoms with E-state index in [1.165, 1.54) is 0 Å². The second-order valence-corrected chi connectivity index (χ2v) is 8.85. The number of hydrogen-bond donors (Lipinski definition) is 1. The molecule has 1 aromatic carbocycles. The van der Waals surface area contributed by atoms with Gasteiger partial charge in [-0.2, -0.15) is 0 Å². The third-order valence-corrected chi connectivity index (χ3v) is 6.84. The summed E-state index contributed by atoms with van der Waals surface area (Å²) in [6.07, 6.45) is 2.30. The van der Waals surface area contributed by atoms with Gasteiger partial charge in [-0.25, -0.2) is 9.38 Å². The molecule has 1 atom stereocenters. The van der Waals surface area contributed by atoms with Crippen molar-refractivity contribution in [2.75, 3.05) is 70.5 Å². The Kier molecular flexibility index (Phi) is 8.81. The van der Waals surface area contributed by atoms with Gasteiger partial charge in [0.05, 0.1) is 18.8 Å². The van der Waals surface area contributed by atoms with Gasteiger partial charge < -0.3 is 24.8 Å². The molecular weight excluding hydrogens is 508 g/mol. The third kappa shape index (κ3) is 5.82. The topological polar surface area (TPSA) is 43.3 Å². The van der Waals surface area contributed by atoms with E-state index in [1.807, 2.05) is 12.1 Å². The van der Waals surface area contributed by atoms with Crippen LogP contribution in [-0.2, 0) is 11.3 Å². The van der Waals surface area contributed by atoms with Crippen molar-refractivity contribution >= 4 is 35.6 Å². The maximum atomic E-state index is 14.8. The average molecular weight is 545 g/mol. The predicted octanol–water partition coefficient (Wildman–Crippen LogP) is 3.16. The maximum Gasteiger partial charge on any atom is 0.194 e. The minimum Gasteiger partial charge on any atom is -0.381 e. The molecule has 1 spiro atoms. The number of halogens is 2. The Hall–Kier alpha value is -1.13. The quantitative estimate of drug-likeness (QED) is 0.350. The summed E-state index contributed by atoms with van der Waals surface area (Å²) in [6.45, 7) is 14.1. The van der Waals surface area contributed by atoms with Crippen LogP contribution in [-0.4, -0.2) is 81.3 Å². The molecule has 6 nitrogen and oxygen atoms in total. The normalized spacial score (nSPS) is 24.7. The van der Waals surface area contributed by atoms with Gasteiger partial charge in [0, 0.05) is 57.8 Å². The number of rotatable bonds is 5. The lowest BCUT2D eigenvalue weighted by Gasteiger charge is -2.35. The van der Waals surface area contributed by atoms with Crippen molar-refractivity contribution in [3.8, 4) is 0 Å². The lowest BCUT2D eigenvalue weighted by Crippen LogP contribution is -2.46. The molecule has 1 N–H and O–H groups in total. The first kappa shape index (κ1) is 24.5. The van der Waals surface area contributed by atoms with Crippen LogP contribution in [0.2, 0.25) is 0 Å². The van der Waals surface area contributed by atoms with Crippen LogP contribution in [0.15, 0.2) is 23.2 Å². The summed E-state index contributed by atoms with van der Waals surface area (Å²) in [5.41, 5.74) is 1.93. The first-order valence-electron chi connectivity index (χ1n) is 11.5. The van der Waals surface area contributed by atoms with Crippen molar-refractivity contribution in [2.45, 2.75) is 33.2 Å². The summed E-state index contributed by atoms with van der Waals surface area (Å²) in [5.74, 6) is 0.794. The largest absolute Gasteiger partial charge is 0.381 e. The molecule has 3 aliphatic heterocycles. The van der Waals surface area contributed by atoms with Crippen molar-refractivity contribution in [1.29, 1.82) is 0 Å². The Morgan fingerprint density at radius 1 is 1.16 bits per heavy atom. The Morgan fingerprint density at radius 3 is 2.61 bits per heavy atom. The molecule has 0 radical (unpaired) electrons. The summed E-state index contributed by atoms with van der Waals surface area (Å²) in [7, 11) is 0. The van der Waals surface area contributed by atoms with Crippen LogP contribution in [0.4, 0.5) is 10.1 Å². The molecule has 0 aromatic heterocycles. The number of likely N-dealkylation sites (tertiary alicyclic amines) is 1. The molecular formula is C23H37FIN5O. The number of ether oxygens (including phenoxy) is 1. The molecule has 3 fully saturated rings. The highest BCUT2D eigenvalue weighted by Gasteiger charge is 2.42. The van der Waals surface area contributed by atoms with E-state index in [9.17, 15) is 4.39 Å². The SMILES string of the molecule is CCNC(=NCc1ccc(N2CCN(CC)CC2)c(F)c1)N1CCC2(CCOC2)C1.I. The number of guanidine groups is 1. The average Bonchev–Trinajstić information content (AvgIpc) is 3.41. The lowest BCUT2D eigenvalue weighted by atomic mass is 9.87. The fourth-order valence-corrected chi connectivity index (χ4v) is 4.89. The summed E-state index contributed by atoms with van der Waals surface area (Å²) in [6, 6.07) is 5.61. The van der Waals surface area contributed by atoms with Crippen LogP contribution in [0.25, 0.3) is 0 Å². The molecule has 0 saturated carbocycles. The molecule has 3 saturated heterocycles. The summed E-state index contributed by atoms with van der Waals surface area (Å²) in [4.78, 5) is 11.7. The van der Waals surface area contributed by atoms with Crippen LogP contribution in [0.5, 0.6) is 0 Å². The van der Waals surface area contributed by atoms with E-state index >= 15 is 0 Å². The van der Waals surface area contributed by atoms with E-state index in [0.29, 0.717) is 17.6 Å². The molecule has 1 unspecified atom stereocenters. The van der Waals surface area contributed by atoms with Crippen LogP contribution >= 0.6 is 24.0 Å². The molecule has 174 valence electrons. The zero-order valence-corrected chi connectivity index (χ0v) is 21.2. The van der Waals surface area contributed by atoms with Crippen LogP contribution in [0.3, 0.4) is 0 Å². The zero-order chi connectivity index (χ0) is 21.0. The van der Waals surface area contributed by atoms with Crippen molar-refractivity contribution in [3.05, 3.63) is 29.6 Å². The number of nitrogens with one attached hydrogen (secondary N) is 1. The van der Waals surface area contributed by atoms with Crippen LogP contribution < -0.4 is 10.2 Å². The van der Waals surface area contributed by atoms with E-state index in [0.717, 1.165) is 89.9 Å². The van der Waals surface area contributed by atoms with Crippen molar-refractivity contribution in [2.24, 2.45) is 10.4 Å². The summed E-state index contributed by atoms with van der Waals surface area (Å²) in [5, 5.41) is 3.42. The Balaban J connectivity index is 0.00000272. The van der Waals surface area contributed by atoms with Gasteiger partial charge in [0.2, 0.25) is 0 Å². The Bertz CT molecular complexity index is 747. The molecule has 3 aliphatic rings. The molecule has 4 rings (SSSR count). The van der Waals surface area contributed by atoms with Crippen molar-refractivity contribution < 1.29 is 9.13 Å². The second kappa shape index (κ2) is 11.1. The monoisotopic (exact) mass is 545 g/mol. The molecule has 3 heterocycles. The molecule has 31 heavy (non-hydrogen) atoms. The summed E-state index contributed by atoms with van der Waals surface area (Å²) < 4.78 is 20.5. The zero-order valence-electron chi connectivity index (χ0n) is 18.9. The Labute approximate surface area is 203 Å². The van der Waals surface area contributed by atoms with Crippen LogP contribution in [0, 0.1) is 11.2 Å². The number of hydrogen-bond acceptors (Lipinski definition) is 4. The molecule has 0 amide bonds. The predicted molar refractivity (Wildman–Crippen MR) is 135 cm³/mol. The number of benzene rings is 1. The number of likely N-dealkylation sites (N-methyl/N-ethyl adjacent to an activating group) is 1. The van der Waals surface area contributed by atoms with E-state index in [1.54, 1.807) is 6.07 Å². The first-order valence-corrected chi connectivity index (χ1v) is 11.5. The molecule has 8 heteroatoms. The lowest BCUT2D eigenvalue weighted by molar-refractivity contribution is 0.156. The molecule has 1 aromatic rings. The van der Waals surface area contributed by atoms with Gasteiger partial charge in [0.1, 0.15) is 5.82 Å². The fraction of sp³-hybridized carbons (Fsp3) is 0.696. The fourth-order valence-electron chi connectivity index (χ4n) is 4.89. The van der Waals surface area contributed by atoms with Gasteiger partial charge in [0.25, 0.3) is 0 Å². The number of anilines is 1. The summed E-state index contributed by atoms with van der Waals surface area (Å²) >= 11 is 0. The van der Waals surface area contributed by atoms with E-state index < -0.39 is 0 Å². The minimum absolute atomic E-state index is 0. The maximum absolute atomic E-state index is 14.8. The van der Waals surface area contributed by atoms with E-state index in [4.69, 9.17) is 9.73 Å². The van der Waals surface area contributed by atoms with Gasteiger partial charge in [-0.05, 0) is 44.0 Å². The van der Waals surface area contributed by atoms with E-state index in [2.05, 4.69) is 33.9 Å². The number of aliphatic imine (C=N–C) groups is 1. The highest BCUT2D eigenvalue weighted by Crippen LogP contribution is 2.38. The number of nitrogens with zero attached hydrogens (tertiary/aromatic N) is 4. The van der Waals surface area contributed by atoms with E-state index in [-0.39, 0.29) is 29.8 Å². The highest BCUT2D eigenvalue weighted by molar-refractivity contribution is 14.0. The van der Waals surface area contributed by atoms with Gasteiger partial charge in [-0.1, -0.05) is 13.0 Å². The van der Waals surface area contributed by atoms with Crippen molar-refractivity contribution in [3.63, 3.8) is 0 Å². The minimum atomic E-state index is -0.138. The molecule has 0 aliphatic carbocycles. The van der Waals surface area contributed by atoms with Crippen molar-refractivity contribution in [1.82, 2.24) is 15.1 Å². The third-order valence-electron chi connectivity index (χ3n) is 6.84.